The first-order chi connectivity index (χ1) is 12.7. The summed E-state index contributed by atoms with van der Waals surface area (Å²) >= 11 is 0. The minimum atomic E-state index is -2.61. The fourth-order valence-electron chi connectivity index (χ4n) is 3.22. The van der Waals surface area contributed by atoms with Crippen LogP contribution in [0.25, 0.3) is 0 Å². The zero-order chi connectivity index (χ0) is 20.1. The highest BCUT2D eigenvalue weighted by Gasteiger charge is 2.56. The fraction of sp³-hybridized carbons (Fsp3) is 0.714. The third-order valence-electron chi connectivity index (χ3n) is 4.77. The maximum Gasteiger partial charge on any atom is 0.351 e. The topological polar surface area (TPSA) is 221 Å². The first-order valence-corrected chi connectivity index (χ1v) is 8.04. The molecule has 9 N–H and O–H groups in total. The number of nitrogens with two attached hydrogens (primary N) is 1. The van der Waals surface area contributed by atoms with E-state index in [0.717, 1.165) is 6.20 Å². The van der Waals surface area contributed by atoms with E-state index in [2.05, 4.69) is 4.98 Å². The van der Waals surface area contributed by atoms with Crippen molar-refractivity contribution in [2.24, 2.45) is 0 Å². The average molecular weight is 391 g/mol. The van der Waals surface area contributed by atoms with Crippen molar-refractivity contribution in [2.75, 3.05) is 18.9 Å². The maximum absolute atomic E-state index is 12.2. The van der Waals surface area contributed by atoms with Gasteiger partial charge in [-0.15, -0.1) is 0 Å². The predicted octanol–water partition coefficient (Wildman–Crippen LogP) is -5.30. The molecule has 3 heterocycles. The lowest BCUT2D eigenvalue weighted by atomic mass is 9.99. The maximum atomic E-state index is 12.2. The van der Waals surface area contributed by atoms with Gasteiger partial charge in [-0.25, -0.2) is 4.79 Å². The van der Waals surface area contributed by atoms with Crippen LogP contribution in [-0.4, -0.2) is 95.1 Å². The highest BCUT2D eigenvalue weighted by molar-refractivity contribution is 5.42. The van der Waals surface area contributed by atoms with Gasteiger partial charge in [-0.2, -0.15) is 4.98 Å². The minimum Gasteiger partial charge on any atom is -0.394 e. The Balaban J connectivity index is 2.05. The number of rotatable bonds is 4. The van der Waals surface area contributed by atoms with Crippen LogP contribution in [0.3, 0.4) is 0 Å². The zero-order valence-corrected chi connectivity index (χ0v) is 13.9. The number of hydrogen-bond donors (Lipinski definition) is 8. The van der Waals surface area contributed by atoms with Crippen molar-refractivity contribution < 1.29 is 45.2 Å². The van der Waals surface area contributed by atoms with Crippen molar-refractivity contribution in [3.05, 3.63) is 22.2 Å². The van der Waals surface area contributed by atoms with E-state index in [0.29, 0.717) is 4.57 Å². The number of nitrogen functional groups attached to an aromatic ring is 1. The van der Waals surface area contributed by atoms with E-state index in [9.17, 15) is 35.4 Å². The second-order valence-corrected chi connectivity index (χ2v) is 6.43. The average Bonchev–Trinajstić information content (AvgIpc) is 3.04. The molecule has 8 atom stereocenters. The summed E-state index contributed by atoms with van der Waals surface area (Å²) in [6.07, 6.45) is -9.79. The van der Waals surface area contributed by atoms with E-state index in [4.69, 9.17) is 20.3 Å². The monoisotopic (exact) mass is 391 g/mol. The molecule has 2 unspecified atom stereocenters. The standard InChI is InChI=1S/C14H21N3O10/c15-11-4(14(25)10(23)8(21)6(3-19)27-14)1-17(13(24)16-11)12-9(22)7(20)5(2-18)26-12/h1,5-10,12,18-23,25H,2-3H2,(H2,15,16,24)/t5-,6-,7?,8-,9-,10+,12?,14+/m1/s1. The molecule has 0 bridgehead atoms. The van der Waals surface area contributed by atoms with Crippen molar-refractivity contribution in [1.29, 1.82) is 0 Å². The molecule has 3 rings (SSSR count). The van der Waals surface area contributed by atoms with Gasteiger partial charge in [-0.3, -0.25) is 4.57 Å². The van der Waals surface area contributed by atoms with E-state index in [1.165, 1.54) is 0 Å². The van der Waals surface area contributed by atoms with E-state index in [1.807, 2.05) is 0 Å². The van der Waals surface area contributed by atoms with Crippen LogP contribution in [0, 0.1) is 0 Å². The molecule has 0 saturated carbocycles. The Morgan fingerprint density at radius 2 is 1.74 bits per heavy atom. The Kier molecular flexibility index (Phi) is 5.24. The second-order valence-electron chi connectivity index (χ2n) is 6.43. The molecule has 1 aromatic rings. The lowest BCUT2D eigenvalue weighted by Gasteiger charge is -2.28. The summed E-state index contributed by atoms with van der Waals surface area (Å²) in [5, 5.41) is 69.0. The highest BCUT2D eigenvalue weighted by Crippen LogP contribution is 2.39. The molecule has 0 aliphatic carbocycles. The van der Waals surface area contributed by atoms with Gasteiger partial charge in [0, 0.05) is 6.20 Å². The molecule has 27 heavy (non-hydrogen) atoms. The van der Waals surface area contributed by atoms with Crippen molar-refractivity contribution >= 4 is 5.82 Å². The Morgan fingerprint density at radius 1 is 1.11 bits per heavy atom. The molecular weight excluding hydrogens is 370 g/mol. The molecule has 13 heteroatoms. The molecule has 2 aliphatic rings. The Labute approximate surface area is 151 Å². The zero-order valence-electron chi connectivity index (χ0n) is 13.9. The Bertz CT molecular complexity index is 759. The predicted molar refractivity (Wildman–Crippen MR) is 83.8 cm³/mol. The number of aliphatic hydroxyl groups is 7. The van der Waals surface area contributed by atoms with Crippen LogP contribution in [-0.2, 0) is 15.3 Å². The van der Waals surface area contributed by atoms with Crippen molar-refractivity contribution in [3.8, 4) is 0 Å². The van der Waals surface area contributed by atoms with Gasteiger partial charge in [-0.1, -0.05) is 0 Å². The van der Waals surface area contributed by atoms with Crippen molar-refractivity contribution in [1.82, 2.24) is 9.55 Å². The molecule has 1 aromatic heterocycles. The first-order valence-electron chi connectivity index (χ1n) is 8.04. The second kappa shape index (κ2) is 7.05. The molecule has 152 valence electrons. The summed E-state index contributed by atoms with van der Waals surface area (Å²) in [5.41, 5.74) is 4.21. The van der Waals surface area contributed by atoms with Gasteiger partial charge in [0.25, 0.3) is 0 Å². The van der Waals surface area contributed by atoms with Crippen LogP contribution in [0.5, 0.6) is 0 Å². The summed E-state index contributed by atoms with van der Waals surface area (Å²) in [5.74, 6) is -3.15. The number of aromatic nitrogens is 2. The fourth-order valence-corrected chi connectivity index (χ4v) is 3.22. The summed E-state index contributed by atoms with van der Waals surface area (Å²) in [4.78, 5) is 15.7. The SMILES string of the molecule is Nc1nc(=O)n(C2O[C@H](CO)C(O)[C@H]2O)cc1[C@]1(O)O[C@H](CO)[C@@H](O)[C@@H]1O. The van der Waals surface area contributed by atoms with Crippen LogP contribution < -0.4 is 11.4 Å². The van der Waals surface area contributed by atoms with Crippen LogP contribution in [0.4, 0.5) is 5.82 Å². The van der Waals surface area contributed by atoms with Gasteiger partial charge >= 0.3 is 5.69 Å². The normalized spacial score (nSPS) is 42.0. The third-order valence-corrected chi connectivity index (χ3v) is 4.77. The van der Waals surface area contributed by atoms with Crippen LogP contribution in [0.2, 0.25) is 0 Å². The molecule has 2 aliphatic heterocycles. The highest BCUT2D eigenvalue weighted by atomic mass is 16.7. The number of nitrogens with zero attached hydrogens (tertiary/aromatic N) is 2. The summed E-state index contributed by atoms with van der Waals surface area (Å²) in [6, 6.07) is 0. The largest absolute Gasteiger partial charge is 0.394 e. The van der Waals surface area contributed by atoms with Gasteiger partial charge in [0.15, 0.2) is 6.23 Å². The molecule has 2 fully saturated rings. The van der Waals surface area contributed by atoms with E-state index in [1.54, 1.807) is 0 Å². The summed E-state index contributed by atoms with van der Waals surface area (Å²) in [6.45, 7) is -1.35. The minimum absolute atomic E-state index is 0.428. The molecule has 0 aromatic carbocycles. The Hall–Kier alpha value is -1.68. The molecule has 0 spiro atoms. The molecule has 0 amide bonds. The number of aliphatic hydroxyl groups excluding tert-OH is 6. The van der Waals surface area contributed by atoms with Crippen LogP contribution in [0.15, 0.2) is 11.0 Å². The molecular formula is C14H21N3O10. The van der Waals surface area contributed by atoms with Crippen molar-refractivity contribution in [2.45, 2.75) is 48.6 Å². The van der Waals surface area contributed by atoms with Crippen LogP contribution >= 0.6 is 0 Å². The van der Waals surface area contributed by atoms with Gasteiger partial charge in [0.05, 0.1) is 18.8 Å². The summed E-state index contributed by atoms with van der Waals surface area (Å²) < 4.78 is 11.1. The molecule has 0 radical (unpaired) electrons. The molecule has 2 saturated heterocycles. The van der Waals surface area contributed by atoms with E-state index in [-0.39, 0.29) is 0 Å². The number of hydrogen-bond acceptors (Lipinski definition) is 12. The number of anilines is 1. The lowest BCUT2D eigenvalue weighted by Crippen LogP contribution is -2.43. The molecule has 13 nitrogen and oxygen atoms in total. The smallest absolute Gasteiger partial charge is 0.351 e. The van der Waals surface area contributed by atoms with E-state index >= 15 is 0 Å². The third kappa shape index (κ3) is 3.02. The van der Waals surface area contributed by atoms with Gasteiger partial charge < -0.3 is 51.0 Å². The van der Waals surface area contributed by atoms with Crippen LogP contribution in [0.1, 0.15) is 11.8 Å². The number of ether oxygens (including phenoxy) is 2. The van der Waals surface area contributed by atoms with Gasteiger partial charge in [0.2, 0.25) is 5.79 Å². The van der Waals surface area contributed by atoms with Gasteiger partial charge in [0.1, 0.15) is 42.4 Å². The first kappa shape index (κ1) is 20.1. The Morgan fingerprint density at radius 3 is 2.26 bits per heavy atom. The summed E-state index contributed by atoms with van der Waals surface area (Å²) in [7, 11) is 0. The van der Waals surface area contributed by atoms with Crippen molar-refractivity contribution in [3.63, 3.8) is 0 Å². The van der Waals surface area contributed by atoms with Gasteiger partial charge in [-0.05, 0) is 0 Å². The lowest BCUT2D eigenvalue weighted by molar-refractivity contribution is -0.240. The quantitative estimate of drug-likeness (QED) is 0.241. The van der Waals surface area contributed by atoms with E-state index < -0.39 is 78.9 Å².